The zero-order chi connectivity index (χ0) is 16.2. The summed E-state index contributed by atoms with van der Waals surface area (Å²) in [5, 5.41) is 12.5. The fourth-order valence-corrected chi connectivity index (χ4v) is 4.13. The normalized spacial score (nSPS) is 15.9. The Labute approximate surface area is 129 Å². The van der Waals surface area contributed by atoms with Gasteiger partial charge in [0.15, 0.2) is 0 Å². The van der Waals surface area contributed by atoms with E-state index in [2.05, 4.69) is 10.1 Å². The van der Waals surface area contributed by atoms with Crippen molar-refractivity contribution < 1.29 is 23.1 Å². The number of carbonyl (C=O) groups is 1. The van der Waals surface area contributed by atoms with Crippen LogP contribution in [-0.4, -0.2) is 50.5 Å². The number of ether oxygens (including phenoxy) is 1. The van der Waals surface area contributed by atoms with Gasteiger partial charge in [-0.2, -0.15) is 4.31 Å². The average Bonchev–Trinajstić information content (AvgIpc) is 3.03. The lowest BCUT2D eigenvalue weighted by Crippen LogP contribution is -2.30. The number of sulfonamides is 1. The van der Waals surface area contributed by atoms with E-state index in [0.717, 1.165) is 12.8 Å². The molecule has 1 fully saturated rings. The number of phenols is 1. The molecule has 0 bridgehead atoms. The molecule has 0 saturated carbocycles. The van der Waals surface area contributed by atoms with Crippen molar-refractivity contribution in [2.24, 2.45) is 0 Å². The number of aromatic hydroxyl groups is 1. The lowest BCUT2D eigenvalue weighted by atomic mass is 10.2. The van der Waals surface area contributed by atoms with Gasteiger partial charge in [0.2, 0.25) is 10.0 Å². The van der Waals surface area contributed by atoms with E-state index in [-0.39, 0.29) is 23.7 Å². The predicted molar refractivity (Wildman–Crippen MR) is 79.8 cm³/mol. The summed E-state index contributed by atoms with van der Waals surface area (Å²) in [6, 6.07) is 4.23. The van der Waals surface area contributed by atoms with Crippen LogP contribution in [0.15, 0.2) is 23.1 Å². The van der Waals surface area contributed by atoms with Gasteiger partial charge in [-0.1, -0.05) is 6.07 Å². The molecule has 1 aliphatic rings. The van der Waals surface area contributed by atoms with Gasteiger partial charge in [-0.3, -0.25) is 4.79 Å². The quantitative estimate of drug-likeness (QED) is 0.736. The molecule has 0 aromatic heterocycles. The maximum Gasteiger partial charge on any atom is 0.319 e. The number of rotatable bonds is 6. The number of methoxy groups -OCH3 is 1. The van der Waals surface area contributed by atoms with Gasteiger partial charge in [-0.15, -0.1) is 0 Å². The standard InChI is InChI=1S/C14H20N2O5S/c1-21-14(18)10-15-9-11-4-5-12(17)8-13(11)22(19,20)16-6-2-3-7-16/h4-5,8,15,17H,2-3,6-7,9-10H2,1H3. The fourth-order valence-electron chi connectivity index (χ4n) is 2.37. The molecule has 0 radical (unpaired) electrons. The van der Waals surface area contributed by atoms with Gasteiger partial charge < -0.3 is 15.2 Å². The molecule has 1 aromatic carbocycles. The maximum absolute atomic E-state index is 12.7. The highest BCUT2D eigenvalue weighted by atomic mass is 32.2. The lowest BCUT2D eigenvalue weighted by molar-refractivity contribution is -0.139. The second-order valence-corrected chi connectivity index (χ2v) is 6.99. The van der Waals surface area contributed by atoms with E-state index in [1.54, 1.807) is 6.07 Å². The molecule has 0 aliphatic carbocycles. The SMILES string of the molecule is COC(=O)CNCc1ccc(O)cc1S(=O)(=O)N1CCCC1. The largest absolute Gasteiger partial charge is 0.508 e. The van der Waals surface area contributed by atoms with Crippen molar-refractivity contribution in [3.05, 3.63) is 23.8 Å². The summed E-state index contributed by atoms with van der Waals surface area (Å²) in [6.45, 7) is 1.17. The lowest BCUT2D eigenvalue weighted by Gasteiger charge is -2.18. The van der Waals surface area contributed by atoms with Gasteiger partial charge >= 0.3 is 5.97 Å². The van der Waals surface area contributed by atoms with Crippen LogP contribution in [0.4, 0.5) is 0 Å². The molecule has 22 heavy (non-hydrogen) atoms. The number of phenolic OH excluding ortho intramolecular Hbond substituents is 1. The summed E-state index contributed by atoms with van der Waals surface area (Å²) in [5.74, 6) is -0.530. The van der Waals surface area contributed by atoms with Crippen molar-refractivity contribution in [2.75, 3.05) is 26.7 Å². The zero-order valence-electron chi connectivity index (χ0n) is 12.4. The third-order valence-electron chi connectivity index (χ3n) is 3.55. The Kier molecular flexibility index (Phi) is 5.38. The number of hydrogen-bond acceptors (Lipinski definition) is 6. The Morgan fingerprint density at radius 3 is 2.68 bits per heavy atom. The van der Waals surface area contributed by atoms with Crippen LogP contribution in [0, 0.1) is 0 Å². The summed E-state index contributed by atoms with van der Waals surface area (Å²) >= 11 is 0. The highest BCUT2D eigenvalue weighted by Gasteiger charge is 2.29. The Morgan fingerprint density at radius 2 is 2.05 bits per heavy atom. The van der Waals surface area contributed by atoms with Crippen LogP contribution in [0.3, 0.4) is 0 Å². The molecule has 1 aromatic rings. The first-order valence-corrected chi connectivity index (χ1v) is 8.48. The second-order valence-electron chi connectivity index (χ2n) is 5.08. The minimum absolute atomic E-state index is 0.0133. The minimum atomic E-state index is -3.63. The molecule has 122 valence electrons. The molecule has 0 spiro atoms. The molecule has 8 heteroatoms. The molecule has 2 rings (SSSR count). The van der Waals surface area contributed by atoms with E-state index < -0.39 is 16.0 Å². The maximum atomic E-state index is 12.7. The van der Waals surface area contributed by atoms with Crippen LogP contribution in [0.25, 0.3) is 0 Å². The monoisotopic (exact) mass is 328 g/mol. The Balaban J connectivity index is 2.22. The molecule has 0 amide bonds. The first-order valence-electron chi connectivity index (χ1n) is 7.04. The summed E-state index contributed by atoms with van der Waals surface area (Å²) in [5.41, 5.74) is 0.508. The van der Waals surface area contributed by atoms with Crippen LogP contribution in [0.5, 0.6) is 5.75 Å². The van der Waals surface area contributed by atoms with E-state index in [4.69, 9.17) is 0 Å². The third-order valence-corrected chi connectivity index (χ3v) is 5.53. The van der Waals surface area contributed by atoms with E-state index in [1.807, 2.05) is 0 Å². The molecule has 0 atom stereocenters. The second kappa shape index (κ2) is 7.08. The summed E-state index contributed by atoms with van der Waals surface area (Å²) < 4.78 is 31.3. The number of nitrogens with zero attached hydrogens (tertiary/aromatic N) is 1. The van der Waals surface area contributed by atoms with Gasteiger partial charge in [0.1, 0.15) is 5.75 Å². The van der Waals surface area contributed by atoms with Crippen LogP contribution >= 0.6 is 0 Å². The Bertz CT molecular complexity index is 639. The zero-order valence-corrected chi connectivity index (χ0v) is 13.2. The molecule has 1 saturated heterocycles. The highest BCUT2D eigenvalue weighted by molar-refractivity contribution is 7.89. The smallest absolute Gasteiger partial charge is 0.319 e. The summed E-state index contributed by atoms with van der Waals surface area (Å²) in [7, 11) is -2.35. The van der Waals surface area contributed by atoms with Crippen molar-refractivity contribution >= 4 is 16.0 Å². The number of nitrogens with one attached hydrogen (secondary N) is 1. The van der Waals surface area contributed by atoms with Crippen LogP contribution in [-0.2, 0) is 26.1 Å². The Hall–Kier alpha value is -1.64. The number of hydrogen-bond donors (Lipinski definition) is 2. The van der Waals surface area contributed by atoms with Crippen molar-refractivity contribution in [2.45, 2.75) is 24.3 Å². The van der Waals surface area contributed by atoms with Gasteiger partial charge in [0.05, 0.1) is 18.6 Å². The van der Waals surface area contributed by atoms with E-state index in [9.17, 15) is 18.3 Å². The van der Waals surface area contributed by atoms with Crippen molar-refractivity contribution in [3.8, 4) is 5.75 Å². The first kappa shape index (κ1) is 16.7. The van der Waals surface area contributed by atoms with Crippen LogP contribution in [0.2, 0.25) is 0 Å². The molecule has 1 heterocycles. The van der Waals surface area contributed by atoms with Crippen LogP contribution in [0.1, 0.15) is 18.4 Å². The van der Waals surface area contributed by atoms with Gasteiger partial charge in [-0.05, 0) is 24.5 Å². The summed E-state index contributed by atoms with van der Waals surface area (Å²) in [4.78, 5) is 11.2. The highest BCUT2D eigenvalue weighted by Crippen LogP contribution is 2.27. The van der Waals surface area contributed by atoms with Crippen LogP contribution < -0.4 is 5.32 Å². The number of benzene rings is 1. The molecular formula is C14H20N2O5S. The van der Waals surface area contributed by atoms with E-state index >= 15 is 0 Å². The van der Waals surface area contributed by atoms with E-state index in [0.29, 0.717) is 18.7 Å². The number of carbonyl (C=O) groups excluding carboxylic acids is 1. The minimum Gasteiger partial charge on any atom is -0.508 e. The fraction of sp³-hybridized carbons (Fsp3) is 0.500. The molecular weight excluding hydrogens is 308 g/mol. The number of esters is 1. The van der Waals surface area contributed by atoms with Gasteiger partial charge in [0.25, 0.3) is 0 Å². The van der Waals surface area contributed by atoms with Crippen molar-refractivity contribution in [1.29, 1.82) is 0 Å². The molecule has 7 nitrogen and oxygen atoms in total. The molecule has 2 N–H and O–H groups in total. The Morgan fingerprint density at radius 1 is 1.36 bits per heavy atom. The third kappa shape index (κ3) is 3.76. The van der Waals surface area contributed by atoms with Crippen molar-refractivity contribution in [3.63, 3.8) is 0 Å². The molecule has 0 unspecified atom stereocenters. The van der Waals surface area contributed by atoms with Gasteiger partial charge in [-0.25, -0.2) is 8.42 Å². The summed E-state index contributed by atoms with van der Waals surface area (Å²) in [6.07, 6.45) is 1.68. The molecule has 1 aliphatic heterocycles. The topological polar surface area (TPSA) is 95.9 Å². The first-order chi connectivity index (χ1) is 10.4. The van der Waals surface area contributed by atoms with E-state index in [1.165, 1.54) is 23.5 Å². The van der Waals surface area contributed by atoms with Crippen molar-refractivity contribution in [1.82, 2.24) is 9.62 Å². The average molecular weight is 328 g/mol. The van der Waals surface area contributed by atoms with Gasteiger partial charge in [0, 0.05) is 25.7 Å². The predicted octanol–water partition coefficient (Wildman–Crippen LogP) is 0.439.